The van der Waals surface area contributed by atoms with E-state index in [1.54, 1.807) is 19.4 Å². The maximum Gasteiger partial charge on any atom is 0.303 e. The van der Waals surface area contributed by atoms with Crippen molar-refractivity contribution in [2.24, 2.45) is 11.8 Å². The number of hydrogen-bond donors (Lipinski definition) is 1. The Morgan fingerprint density at radius 1 is 1.16 bits per heavy atom. The van der Waals surface area contributed by atoms with Gasteiger partial charge >= 0.3 is 5.97 Å². The Hall–Kier alpha value is -2.99. The molecule has 2 heterocycles. The van der Waals surface area contributed by atoms with Crippen LogP contribution in [0, 0.1) is 18.8 Å². The van der Waals surface area contributed by atoms with Crippen LogP contribution in [0.5, 0.6) is 5.75 Å². The molecule has 1 fully saturated rings. The molecular formula is C32H41FN2O3. The molecule has 38 heavy (non-hydrogen) atoms. The summed E-state index contributed by atoms with van der Waals surface area (Å²) in [6.45, 7) is 5.13. The third kappa shape index (κ3) is 7.53. The average Bonchev–Trinajstić information content (AvgIpc) is 2.93. The molecule has 0 aliphatic carbocycles. The fraction of sp³-hybridized carbons (Fsp3) is 0.500. The van der Waals surface area contributed by atoms with Gasteiger partial charge in [-0.1, -0.05) is 24.3 Å². The zero-order chi connectivity index (χ0) is 26.9. The molecular weight excluding hydrogens is 479 g/mol. The lowest BCUT2D eigenvalue weighted by atomic mass is 9.79. The fourth-order valence-electron chi connectivity index (χ4n) is 5.98. The van der Waals surface area contributed by atoms with Crippen molar-refractivity contribution in [2.45, 2.75) is 64.5 Å². The highest BCUT2D eigenvalue weighted by Gasteiger charge is 2.30. The van der Waals surface area contributed by atoms with Crippen LogP contribution in [0.4, 0.5) is 4.39 Å². The van der Waals surface area contributed by atoms with Gasteiger partial charge in [-0.2, -0.15) is 0 Å². The van der Waals surface area contributed by atoms with Gasteiger partial charge in [0.2, 0.25) is 0 Å². The first-order chi connectivity index (χ1) is 18.4. The van der Waals surface area contributed by atoms with Crippen LogP contribution in [0.2, 0.25) is 0 Å². The van der Waals surface area contributed by atoms with Gasteiger partial charge in [-0.05, 0) is 118 Å². The predicted octanol–water partition coefficient (Wildman–Crippen LogP) is 7.17. The number of unbranched alkanes of at least 4 members (excludes halogenated alkanes) is 1. The molecule has 1 aliphatic rings. The molecule has 0 bridgehead atoms. The minimum absolute atomic E-state index is 0.177. The van der Waals surface area contributed by atoms with E-state index < -0.39 is 12.1 Å². The minimum atomic E-state index is -1.09. The van der Waals surface area contributed by atoms with E-state index >= 15 is 4.39 Å². The van der Waals surface area contributed by atoms with Gasteiger partial charge in [-0.25, -0.2) is 4.39 Å². The summed E-state index contributed by atoms with van der Waals surface area (Å²) in [4.78, 5) is 18.2. The summed E-state index contributed by atoms with van der Waals surface area (Å²) in [7, 11) is 1.61. The summed E-state index contributed by atoms with van der Waals surface area (Å²) in [6, 6.07) is 15.9. The first kappa shape index (κ1) is 28.0. The standard InChI is InChI=1S/C32H41FN2O3/c1-23-7-3-4-8-24(23)9-5-6-19-35-20-17-25(26(22-35)11-15-32(36)37)10-13-30(33)28-16-18-34-31-14-12-27(38-2)21-29(28)31/h3-4,7-8,12,14,16,18,21,25-26,30H,5-6,9-11,13,15,17,19-20,22H2,1-2H3,(H,36,37)/t25?,26?,30-/m0/s1. The van der Waals surface area contributed by atoms with Gasteiger partial charge in [0.1, 0.15) is 11.9 Å². The third-order valence-electron chi connectivity index (χ3n) is 8.25. The summed E-state index contributed by atoms with van der Waals surface area (Å²) >= 11 is 0. The van der Waals surface area contributed by atoms with Crippen LogP contribution in [-0.2, 0) is 11.2 Å². The molecule has 204 valence electrons. The number of nitrogens with zero attached hydrogens (tertiary/aromatic N) is 2. The van der Waals surface area contributed by atoms with Crippen molar-refractivity contribution in [1.29, 1.82) is 0 Å². The van der Waals surface area contributed by atoms with E-state index in [0.717, 1.165) is 62.6 Å². The molecule has 1 aromatic heterocycles. The number of methoxy groups -OCH3 is 1. The van der Waals surface area contributed by atoms with Crippen molar-refractivity contribution in [3.8, 4) is 5.75 Å². The SMILES string of the molecule is COc1ccc2nccc([C@@H](F)CCC3CCN(CCCCc4ccccc4C)CC3CCC(=O)O)c2c1. The topological polar surface area (TPSA) is 62.7 Å². The van der Waals surface area contributed by atoms with Gasteiger partial charge in [0.15, 0.2) is 0 Å². The Kier molecular flexibility index (Phi) is 10.1. The van der Waals surface area contributed by atoms with Gasteiger partial charge in [0.05, 0.1) is 12.6 Å². The van der Waals surface area contributed by atoms with E-state index in [2.05, 4.69) is 41.1 Å². The average molecular weight is 521 g/mol. The number of carboxylic acids is 1. The number of hydrogen-bond acceptors (Lipinski definition) is 4. The molecule has 3 atom stereocenters. The van der Waals surface area contributed by atoms with Crippen LogP contribution in [0.15, 0.2) is 54.7 Å². The van der Waals surface area contributed by atoms with E-state index in [4.69, 9.17) is 4.74 Å². The van der Waals surface area contributed by atoms with Crippen LogP contribution in [0.1, 0.15) is 67.8 Å². The largest absolute Gasteiger partial charge is 0.497 e. The number of rotatable bonds is 13. The van der Waals surface area contributed by atoms with E-state index in [0.29, 0.717) is 30.1 Å². The number of aromatic nitrogens is 1. The molecule has 0 radical (unpaired) electrons. The molecule has 2 aromatic carbocycles. The Labute approximate surface area is 226 Å². The molecule has 0 saturated carbocycles. The molecule has 5 nitrogen and oxygen atoms in total. The zero-order valence-corrected chi connectivity index (χ0v) is 22.7. The van der Waals surface area contributed by atoms with E-state index in [-0.39, 0.29) is 12.3 Å². The zero-order valence-electron chi connectivity index (χ0n) is 22.7. The minimum Gasteiger partial charge on any atom is -0.497 e. The number of benzene rings is 2. The number of likely N-dealkylation sites (tertiary alicyclic amines) is 1. The maximum atomic E-state index is 15.6. The molecule has 1 aliphatic heterocycles. The second kappa shape index (κ2) is 13.7. The van der Waals surface area contributed by atoms with E-state index in [9.17, 15) is 9.90 Å². The van der Waals surface area contributed by atoms with Crippen LogP contribution in [0.3, 0.4) is 0 Å². The molecule has 1 N–H and O–H groups in total. The number of piperidine rings is 1. The van der Waals surface area contributed by atoms with Crippen molar-refractivity contribution in [3.05, 3.63) is 71.4 Å². The summed E-state index contributed by atoms with van der Waals surface area (Å²) < 4.78 is 20.9. The third-order valence-corrected chi connectivity index (χ3v) is 8.25. The van der Waals surface area contributed by atoms with Crippen molar-refractivity contribution in [3.63, 3.8) is 0 Å². The monoisotopic (exact) mass is 520 g/mol. The normalized spacial score (nSPS) is 18.9. The number of fused-ring (bicyclic) bond motifs is 1. The second-order valence-electron chi connectivity index (χ2n) is 10.8. The Morgan fingerprint density at radius 2 is 2.00 bits per heavy atom. The van der Waals surface area contributed by atoms with Gasteiger partial charge in [-0.3, -0.25) is 9.78 Å². The van der Waals surface area contributed by atoms with Crippen molar-refractivity contribution >= 4 is 16.9 Å². The smallest absolute Gasteiger partial charge is 0.303 e. The lowest BCUT2D eigenvalue weighted by Gasteiger charge is -2.39. The molecule has 4 rings (SSSR count). The summed E-state index contributed by atoms with van der Waals surface area (Å²) in [6.07, 6.45) is 6.99. The molecule has 0 spiro atoms. The Bertz CT molecular complexity index is 1200. The van der Waals surface area contributed by atoms with Gasteiger partial charge < -0.3 is 14.7 Å². The van der Waals surface area contributed by atoms with E-state index in [1.807, 2.05) is 18.2 Å². The molecule has 6 heteroatoms. The first-order valence-corrected chi connectivity index (χ1v) is 14.0. The lowest BCUT2D eigenvalue weighted by Crippen LogP contribution is -2.41. The van der Waals surface area contributed by atoms with Gasteiger partial charge in [-0.15, -0.1) is 0 Å². The van der Waals surface area contributed by atoms with Crippen LogP contribution in [-0.4, -0.2) is 47.7 Å². The summed E-state index contributed by atoms with van der Waals surface area (Å²) in [5, 5.41) is 10.1. The quantitative estimate of drug-likeness (QED) is 0.242. The highest BCUT2D eigenvalue weighted by Crippen LogP contribution is 2.36. The predicted molar refractivity (Wildman–Crippen MR) is 150 cm³/mol. The fourth-order valence-corrected chi connectivity index (χ4v) is 5.98. The highest BCUT2D eigenvalue weighted by atomic mass is 19.1. The number of alkyl halides is 1. The van der Waals surface area contributed by atoms with Crippen molar-refractivity contribution < 1.29 is 19.0 Å². The summed E-state index contributed by atoms with van der Waals surface area (Å²) in [5.74, 6) is 0.579. The van der Waals surface area contributed by atoms with Crippen molar-refractivity contribution in [1.82, 2.24) is 9.88 Å². The van der Waals surface area contributed by atoms with Crippen molar-refractivity contribution in [2.75, 3.05) is 26.7 Å². The second-order valence-corrected chi connectivity index (χ2v) is 10.8. The maximum absolute atomic E-state index is 15.6. The Morgan fingerprint density at radius 3 is 2.79 bits per heavy atom. The number of carboxylic acid groups (broad SMARTS) is 1. The number of halogens is 1. The van der Waals surface area contributed by atoms with Crippen LogP contribution >= 0.6 is 0 Å². The molecule has 2 unspecified atom stereocenters. The summed E-state index contributed by atoms with van der Waals surface area (Å²) in [5.41, 5.74) is 4.20. The molecule has 1 saturated heterocycles. The number of aliphatic carboxylic acids is 1. The van der Waals surface area contributed by atoms with E-state index in [1.165, 1.54) is 11.1 Å². The first-order valence-electron chi connectivity index (χ1n) is 14.0. The number of aryl methyl sites for hydroxylation is 2. The lowest BCUT2D eigenvalue weighted by molar-refractivity contribution is -0.137. The van der Waals surface area contributed by atoms with Crippen LogP contribution in [0.25, 0.3) is 10.9 Å². The van der Waals surface area contributed by atoms with Gasteiger partial charge in [0.25, 0.3) is 0 Å². The number of pyridine rings is 1. The molecule has 0 amide bonds. The Balaban J connectivity index is 1.32. The highest BCUT2D eigenvalue weighted by molar-refractivity contribution is 5.83. The molecule has 3 aromatic rings. The number of carbonyl (C=O) groups is 1. The van der Waals surface area contributed by atoms with Gasteiger partial charge in [0, 0.05) is 24.5 Å². The number of ether oxygens (including phenoxy) is 1. The van der Waals surface area contributed by atoms with Crippen LogP contribution < -0.4 is 4.74 Å².